The van der Waals surface area contributed by atoms with Gasteiger partial charge in [0.25, 0.3) is 5.91 Å². The Kier molecular flexibility index (Phi) is 7.55. The van der Waals surface area contributed by atoms with Crippen LogP contribution in [0.5, 0.6) is 17.2 Å². The van der Waals surface area contributed by atoms with Gasteiger partial charge in [-0.2, -0.15) is 0 Å². The molecule has 3 aromatic rings. The molecule has 0 aliphatic rings. The summed E-state index contributed by atoms with van der Waals surface area (Å²) < 4.78 is 16.6. The second-order valence-corrected chi connectivity index (χ2v) is 7.11. The Hall–Kier alpha value is -3.21. The van der Waals surface area contributed by atoms with Crippen molar-refractivity contribution in [1.29, 1.82) is 0 Å². The summed E-state index contributed by atoms with van der Waals surface area (Å²) in [5.41, 5.74) is 1.14. The van der Waals surface area contributed by atoms with Gasteiger partial charge in [-0.05, 0) is 59.9 Å². The Morgan fingerprint density at radius 3 is 2.43 bits per heavy atom. The molecule has 0 aliphatic heterocycles. The van der Waals surface area contributed by atoms with Crippen molar-refractivity contribution in [2.45, 2.75) is 32.3 Å². The minimum Gasteiger partial charge on any atom is -0.493 e. The summed E-state index contributed by atoms with van der Waals surface area (Å²) in [6, 6.07) is 19.9. The third-order valence-electron chi connectivity index (χ3n) is 5.05. The molecule has 30 heavy (non-hydrogen) atoms. The zero-order valence-electron chi connectivity index (χ0n) is 17.8. The number of hydrogen-bond acceptors (Lipinski definition) is 4. The third kappa shape index (κ3) is 5.44. The number of fused-ring (bicyclic) bond motifs is 1. The molecule has 1 amide bonds. The van der Waals surface area contributed by atoms with E-state index in [9.17, 15) is 4.79 Å². The number of aryl methyl sites for hydroxylation is 1. The highest BCUT2D eigenvalue weighted by molar-refractivity contribution is 5.84. The maximum Gasteiger partial charge on any atom is 0.261 e. The van der Waals surface area contributed by atoms with Gasteiger partial charge in [0.1, 0.15) is 5.75 Å². The summed E-state index contributed by atoms with van der Waals surface area (Å²) in [6.45, 7) is 2.54. The molecule has 0 spiro atoms. The number of carbonyl (C=O) groups is 1. The first-order valence-corrected chi connectivity index (χ1v) is 10.3. The van der Waals surface area contributed by atoms with Gasteiger partial charge in [-0.3, -0.25) is 4.79 Å². The van der Waals surface area contributed by atoms with Crippen LogP contribution in [0.3, 0.4) is 0 Å². The van der Waals surface area contributed by atoms with Crippen molar-refractivity contribution in [3.05, 3.63) is 66.2 Å². The second-order valence-electron chi connectivity index (χ2n) is 7.11. The lowest BCUT2D eigenvalue weighted by Crippen LogP contribution is -2.38. The monoisotopic (exact) mass is 407 g/mol. The van der Waals surface area contributed by atoms with Gasteiger partial charge in [0.05, 0.1) is 14.2 Å². The highest BCUT2D eigenvalue weighted by atomic mass is 16.5. The van der Waals surface area contributed by atoms with Crippen molar-refractivity contribution in [2.75, 3.05) is 20.8 Å². The van der Waals surface area contributed by atoms with Gasteiger partial charge in [-0.1, -0.05) is 43.3 Å². The highest BCUT2D eigenvalue weighted by Crippen LogP contribution is 2.28. The highest BCUT2D eigenvalue weighted by Gasteiger charge is 2.18. The largest absolute Gasteiger partial charge is 0.493 e. The minimum atomic E-state index is -0.507. The van der Waals surface area contributed by atoms with Crippen LogP contribution in [0, 0.1) is 0 Å². The Balaban J connectivity index is 1.50. The molecular formula is C25H29NO4. The minimum absolute atomic E-state index is 0.0852. The third-order valence-corrected chi connectivity index (χ3v) is 5.05. The van der Waals surface area contributed by atoms with Gasteiger partial charge >= 0.3 is 0 Å². The second kappa shape index (κ2) is 10.5. The molecule has 1 N–H and O–H groups in total. The molecule has 0 aliphatic carbocycles. The molecule has 0 fully saturated rings. The zero-order chi connectivity index (χ0) is 21.3. The van der Waals surface area contributed by atoms with E-state index in [2.05, 4.69) is 11.4 Å². The topological polar surface area (TPSA) is 56.8 Å². The molecule has 0 saturated heterocycles. The predicted molar refractivity (Wildman–Crippen MR) is 120 cm³/mol. The molecule has 0 saturated carbocycles. The molecule has 5 heteroatoms. The van der Waals surface area contributed by atoms with Crippen molar-refractivity contribution in [3.8, 4) is 17.2 Å². The molecule has 0 unspecified atom stereocenters. The van der Waals surface area contributed by atoms with E-state index in [1.807, 2.05) is 61.5 Å². The van der Waals surface area contributed by atoms with Crippen LogP contribution in [0.2, 0.25) is 0 Å². The summed E-state index contributed by atoms with van der Waals surface area (Å²) in [5.74, 6) is 2.05. The summed E-state index contributed by atoms with van der Waals surface area (Å²) >= 11 is 0. The van der Waals surface area contributed by atoms with E-state index in [1.165, 1.54) is 0 Å². The van der Waals surface area contributed by atoms with Crippen LogP contribution in [0.25, 0.3) is 10.8 Å². The SMILES string of the molecule is CC[C@@H](Oc1ccc2ccccc2c1)C(=O)NCCCc1ccc(OC)c(OC)c1. The number of benzene rings is 3. The van der Waals surface area contributed by atoms with E-state index < -0.39 is 6.10 Å². The van der Waals surface area contributed by atoms with Crippen LogP contribution in [-0.4, -0.2) is 32.8 Å². The number of ether oxygens (including phenoxy) is 3. The van der Waals surface area contributed by atoms with Gasteiger partial charge in [0.2, 0.25) is 0 Å². The number of nitrogens with one attached hydrogen (secondary N) is 1. The van der Waals surface area contributed by atoms with E-state index in [1.54, 1.807) is 14.2 Å². The van der Waals surface area contributed by atoms with Crippen molar-refractivity contribution >= 4 is 16.7 Å². The van der Waals surface area contributed by atoms with Crippen molar-refractivity contribution in [2.24, 2.45) is 0 Å². The molecular weight excluding hydrogens is 378 g/mol. The Morgan fingerprint density at radius 1 is 0.933 bits per heavy atom. The maximum atomic E-state index is 12.6. The molecule has 0 bridgehead atoms. The number of methoxy groups -OCH3 is 2. The van der Waals surface area contributed by atoms with E-state index in [-0.39, 0.29) is 5.91 Å². The molecule has 3 aromatic carbocycles. The van der Waals surface area contributed by atoms with Crippen molar-refractivity contribution < 1.29 is 19.0 Å². The fourth-order valence-corrected chi connectivity index (χ4v) is 3.38. The summed E-state index contributed by atoms with van der Waals surface area (Å²) in [5, 5.41) is 5.24. The average molecular weight is 408 g/mol. The smallest absolute Gasteiger partial charge is 0.261 e. The zero-order valence-corrected chi connectivity index (χ0v) is 17.8. The Labute approximate surface area is 178 Å². The van der Waals surface area contributed by atoms with Crippen LogP contribution < -0.4 is 19.5 Å². The number of amides is 1. The number of hydrogen-bond donors (Lipinski definition) is 1. The quantitative estimate of drug-likeness (QED) is 0.492. The van der Waals surface area contributed by atoms with E-state index in [0.29, 0.717) is 30.2 Å². The molecule has 5 nitrogen and oxygen atoms in total. The van der Waals surface area contributed by atoms with Crippen LogP contribution >= 0.6 is 0 Å². The van der Waals surface area contributed by atoms with E-state index >= 15 is 0 Å². The molecule has 158 valence electrons. The van der Waals surface area contributed by atoms with Gasteiger partial charge in [-0.25, -0.2) is 0 Å². The summed E-state index contributed by atoms with van der Waals surface area (Å²) in [6.07, 6.45) is 1.76. The first kappa shape index (κ1) is 21.5. The van der Waals surface area contributed by atoms with Crippen LogP contribution in [-0.2, 0) is 11.2 Å². The maximum absolute atomic E-state index is 12.6. The molecule has 0 heterocycles. The van der Waals surface area contributed by atoms with Crippen LogP contribution in [0.1, 0.15) is 25.3 Å². The molecule has 0 radical (unpaired) electrons. The van der Waals surface area contributed by atoms with Crippen molar-refractivity contribution in [1.82, 2.24) is 5.32 Å². The number of carbonyl (C=O) groups excluding carboxylic acids is 1. The lowest BCUT2D eigenvalue weighted by Gasteiger charge is -2.17. The standard InChI is InChI=1S/C25H29NO4/c1-4-22(30-21-13-12-19-9-5-6-10-20(19)17-21)25(27)26-15-7-8-18-11-14-23(28-2)24(16-18)29-3/h5-6,9-14,16-17,22H,4,7-8,15H2,1-3H3,(H,26,27)/t22-/m1/s1. The molecule has 0 aromatic heterocycles. The lowest BCUT2D eigenvalue weighted by atomic mass is 10.1. The number of rotatable bonds is 10. The van der Waals surface area contributed by atoms with Crippen LogP contribution in [0.15, 0.2) is 60.7 Å². The van der Waals surface area contributed by atoms with Crippen molar-refractivity contribution in [3.63, 3.8) is 0 Å². The normalized spacial score (nSPS) is 11.7. The molecule has 3 rings (SSSR count). The Bertz CT molecular complexity index is 986. The first-order chi connectivity index (χ1) is 14.6. The van der Waals surface area contributed by atoms with Gasteiger partial charge in [0, 0.05) is 6.54 Å². The average Bonchev–Trinajstić information content (AvgIpc) is 2.79. The van der Waals surface area contributed by atoms with Gasteiger partial charge < -0.3 is 19.5 Å². The summed E-state index contributed by atoms with van der Waals surface area (Å²) in [4.78, 5) is 12.6. The fourth-order valence-electron chi connectivity index (χ4n) is 3.38. The van der Waals surface area contributed by atoms with Gasteiger partial charge in [0.15, 0.2) is 17.6 Å². The Morgan fingerprint density at radius 2 is 1.70 bits per heavy atom. The first-order valence-electron chi connectivity index (χ1n) is 10.3. The van der Waals surface area contributed by atoms with Crippen LogP contribution in [0.4, 0.5) is 0 Å². The molecule has 1 atom stereocenters. The summed E-state index contributed by atoms with van der Waals surface area (Å²) in [7, 11) is 3.25. The fraction of sp³-hybridized carbons (Fsp3) is 0.320. The van der Waals surface area contributed by atoms with E-state index in [4.69, 9.17) is 14.2 Å². The predicted octanol–water partition coefficient (Wildman–Crippen LogP) is 4.76. The lowest BCUT2D eigenvalue weighted by molar-refractivity contribution is -0.128. The van der Waals surface area contributed by atoms with E-state index in [0.717, 1.165) is 29.2 Å². The van der Waals surface area contributed by atoms with Gasteiger partial charge in [-0.15, -0.1) is 0 Å².